The number of nitrogens with one attached hydrogen (secondary N) is 2. The number of para-hydroxylation sites is 1. The molecule has 1 heterocycles. The van der Waals surface area contributed by atoms with Gasteiger partial charge in [0.2, 0.25) is 5.91 Å². The fraction of sp³-hybridized carbons (Fsp3) is 0.619. The molecule has 0 spiro atoms. The first-order chi connectivity index (χ1) is 13.0. The number of anilines is 1. The van der Waals surface area contributed by atoms with Crippen molar-refractivity contribution in [2.45, 2.75) is 45.1 Å². The number of ketones is 1. The van der Waals surface area contributed by atoms with Crippen LogP contribution in [-0.4, -0.2) is 62.0 Å². The maximum atomic E-state index is 12.0. The van der Waals surface area contributed by atoms with Gasteiger partial charge in [-0.1, -0.05) is 26.0 Å². The summed E-state index contributed by atoms with van der Waals surface area (Å²) in [4.78, 5) is 26.3. The fourth-order valence-electron chi connectivity index (χ4n) is 3.59. The Labute approximate surface area is 162 Å². The molecule has 6 nitrogen and oxygen atoms in total. The molecule has 2 rings (SSSR count). The maximum Gasteiger partial charge on any atom is 0.220 e. The van der Waals surface area contributed by atoms with Crippen LogP contribution >= 0.6 is 0 Å². The van der Waals surface area contributed by atoms with Crippen LogP contribution in [0.5, 0.6) is 0 Å². The van der Waals surface area contributed by atoms with Crippen molar-refractivity contribution in [1.82, 2.24) is 10.2 Å². The third-order valence-electron chi connectivity index (χ3n) is 5.25. The number of benzene rings is 1. The fourth-order valence-corrected chi connectivity index (χ4v) is 3.59. The highest BCUT2D eigenvalue weighted by Gasteiger charge is 2.35. The van der Waals surface area contributed by atoms with E-state index in [9.17, 15) is 9.59 Å². The third-order valence-corrected chi connectivity index (χ3v) is 5.25. The number of carbonyl (C=O) groups is 2. The zero-order chi connectivity index (χ0) is 19.7. The van der Waals surface area contributed by atoms with Gasteiger partial charge in [-0.05, 0) is 25.0 Å². The molecule has 27 heavy (non-hydrogen) atoms. The molecule has 1 aliphatic rings. The molecule has 2 N–H and O–H groups in total. The molecule has 1 aliphatic heterocycles. The first-order valence-corrected chi connectivity index (χ1v) is 9.92. The van der Waals surface area contributed by atoms with Gasteiger partial charge in [-0.15, -0.1) is 0 Å². The number of methoxy groups -OCH3 is 1. The van der Waals surface area contributed by atoms with E-state index in [1.807, 2.05) is 38.1 Å². The van der Waals surface area contributed by atoms with Crippen LogP contribution < -0.4 is 10.6 Å². The lowest BCUT2D eigenvalue weighted by Crippen LogP contribution is -2.58. The molecule has 6 heteroatoms. The van der Waals surface area contributed by atoms with Crippen molar-refractivity contribution in [1.29, 1.82) is 0 Å². The summed E-state index contributed by atoms with van der Waals surface area (Å²) >= 11 is 0. The normalized spacial score (nSPS) is 16.7. The molecule has 1 aromatic carbocycles. The number of hydrogen-bond acceptors (Lipinski definition) is 5. The predicted octanol–water partition coefficient (Wildman–Crippen LogP) is 2.70. The summed E-state index contributed by atoms with van der Waals surface area (Å²) in [5.74, 6) is 0.242. The number of hydrogen-bond donors (Lipinski definition) is 2. The molecule has 0 aromatic heterocycles. The van der Waals surface area contributed by atoms with E-state index in [0.717, 1.165) is 50.3 Å². The first-order valence-electron chi connectivity index (χ1n) is 9.92. The van der Waals surface area contributed by atoms with Crippen LogP contribution in [0.15, 0.2) is 24.3 Å². The van der Waals surface area contributed by atoms with Gasteiger partial charge in [0.05, 0.1) is 12.1 Å². The van der Waals surface area contributed by atoms with Gasteiger partial charge in [0.25, 0.3) is 0 Å². The van der Waals surface area contributed by atoms with Crippen molar-refractivity contribution in [2.24, 2.45) is 0 Å². The van der Waals surface area contributed by atoms with Gasteiger partial charge in [0.1, 0.15) is 0 Å². The molecule has 0 radical (unpaired) electrons. The number of ether oxygens (including phenoxy) is 1. The van der Waals surface area contributed by atoms with Crippen LogP contribution in [0.4, 0.5) is 5.69 Å². The maximum absolute atomic E-state index is 12.0. The number of rotatable bonds is 10. The van der Waals surface area contributed by atoms with E-state index in [1.165, 1.54) is 0 Å². The van der Waals surface area contributed by atoms with Crippen LogP contribution in [0.1, 0.15) is 49.9 Å². The second-order valence-electron chi connectivity index (χ2n) is 7.21. The highest BCUT2D eigenvalue weighted by atomic mass is 16.5. The Bertz CT molecular complexity index is 625. The Morgan fingerprint density at radius 3 is 2.48 bits per heavy atom. The zero-order valence-electron chi connectivity index (χ0n) is 16.8. The average Bonchev–Trinajstić information content (AvgIpc) is 2.69. The molecule has 0 bridgehead atoms. The Morgan fingerprint density at radius 1 is 1.15 bits per heavy atom. The van der Waals surface area contributed by atoms with Gasteiger partial charge in [0.15, 0.2) is 5.78 Å². The van der Waals surface area contributed by atoms with Crippen molar-refractivity contribution in [3.8, 4) is 0 Å². The summed E-state index contributed by atoms with van der Waals surface area (Å²) < 4.78 is 5.37. The van der Waals surface area contributed by atoms with Crippen LogP contribution in [0.2, 0.25) is 0 Å². The van der Waals surface area contributed by atoms with E-state index >= 15 is 0 Å². The van der Waals surface area contributed by atoms with E-state index in [-0.39, 0.29) is 17.2 Å². The molecular weight excluding hydrogens is 342 g/mol. The standard InChI is InChI=1S/C21H33N3O3/c1-4-19(25)17-8-6-7-9-18(17)22-12-15-24-13-10-21(11-14-24,16-27-3)23-20(26)5-2/h6-9,22H,4-5,10-16H2,1-3H3,(H,23,26). The number of Topliss-reactive ketones (excluding diaryl/α,β-unsaturated/α-hetero) is 1. The van der Waals surface area contributed by atoms with Crippen molar-refractivity contribution in [3.63, 3.8) is 0 Å². The molecule has 0 unspecified atom stereocenters. The van der Waals surface area contributed by atoms with Crippen LogP contribution in [0.3, 0.4) is 0 Å². The highest BCUT2D eigenvalue weighted by Crippen LogP contribution is 2.23. The zero-order valence-corrected chi connectivity index (χ0v) is 16.8. The van der Waals surface area contributed by atoms with Crippen molar-refractivity contribution >= 4 is 17.4 Å². The van der Waals surface area contributed by atoms with Gasteiger partial charge in [-0.2, -0.15) is 0 Å². The summed E-state index contributed by atoms with van der Waals surface area (Å²) in [7, 11) is 1.69. The number of nitrogens with zero attached hydrogens (tertiary/aromatic N) is 1. The van der Waals surface area contributed by atoms with Crippen LogP contribution in [-0.2, 0) is 9.53 Å². The lowest BCUT2D eigenvalue weighted by Gasteiger charge is -2.42. The van der Waals surface area contributed by atoms with Crippen molar-refractivity contribution in [3.05, 3.63) is 29.8 Å². The van der Waals surface area contributed by atoms with Gasteiger partial charge in [-0.25, -0.2) is 0 Å². The molecule has 0 aliphatic carbocycles. The molecule has 0 saturated carbocycles. The van der Waals surface area contributed by atoms with E-state index in [0.29, 0.717) is 19.4 Å². The monoisotopic (exact) mass is 375 g/mol. The summed E-state index contributed by atoms with van der Waals surface area (Å²) in [6.07, 6.45) is 2.78. The molecule has 1 aromatic rings. The highest BCUT2D eigenvalue weighted by molar-refractivity contribution is 6.00. The third kappa shape index (κ3) is 6.04. The Balaban J connectivity index is 1.84. The number of amides is 1. The van der Waals surface area contributed by atoms with E-state index in [1.54, 1.807) is 7.11 Å². The first kappa shape index (κ1) is 21.4. The minimum absolute atomic E-state index is 0.0827. The summed E-state index contributed by atoms with van der Waals surface area (Å²) in [5, 5.41) is 6.57. The van der Waals surface area contributed by atoms with E-state index < -0.39 is 0 Å². The van der Waals surface area contributed by atoms with Crippen LogP contribution in [0.25, 0.3) is 0 Å². The minimum atomic E-state index is -0.244. The smallest absolute Gasteiger partial charge is 0.220 e. The van der Waals surface area contributed by atoms with E-state index in [4.69, 9.17) is 4.74 Å². The summed E-state index contributed by atoms with van der Waals surface area (Å²) in [6, 6.07) is 7.69. The molecule has 1 amide bonds. The Kier molecular flexibility index (Phi) is 8.25. The number of piperidine rings is 1. The SMILES string of the molecule is CCC(=O)NC1(COC)CCN(CCNc2ccccc2C(=O)CC)CC1. The second kappa shape index (κ2) is 10.4. The average molecular weight is 376 g/mol. The lowest BCUT2D eigenvalue weighted by atomic mass is 9.88. The van der Waals surface area contributed by atoms with Gasteiger partial charge >= 0.3 is 0 Å². The van der Waals surface area contributed by atoms with E-state index in [2.05, 4.69) is 15.5 Å². The summed E-state index contributed by atoms with van der Waals surface area (Å²) in [5.41, 5.74) is 1.43. The molecule has 0 atom stereocenters. The lowest BCUT2D eigenvalue weighted by molar-refractivity contribution is -0.124. The van der Waals surface area contributed by atoms with Gasteiger partial charge < -0.3 is 20.3 Å². The van der Waals surface area contributed by atoms with Crippen LogP contribution in [0, 0.1) is 0 Å². The quantitative estimate of drug-likeness (QED) is 0.615. The summed E-state index contributed by atoms with van der Waals surface area (Å²) in [6.45, 7) is 7.84. The largest absolute Gasteiger partial charge is 0.383 e. The van der Waals surface area contributed by atoms with Crippen molar-refractivity contribution in [2.75, 3.05) is 45.2 Å². The Morgan fingerprint density at radius 2 is 1.85 bits per heavy atom. The molecule has 1 saturated heterocycles. The second-order valence-corrected chi connectivity index (χ2v) is 7.21. The predicted molar refractivity (Wildman–Crippen MR) is 108 cm³/mol. The molecular formula is C21H33N3O3. The van der Waals surface area contributed by atoms with Crippen molar-refractivity contribution < 1.29 is 14.3 Å². The minimum Gasteiger partial charge on any atom is -0.383 e. The van der Waals surface area contributed by atoms with Gasteiger partial charge in [0, 0.05) is 57.4 Å². The topological polar surface area (TPSA) is 70.7 Å². The number of likely N-dealkylation sites (tertiary alicyclic amines) is 1. The molecule has 150 valence electrons. The number of carbonyl (C=O) groups excluding carboxylic acids is 2. The molecule has 1 fully saturated rings. The van der Waals surface area contributed by atoms with Gasteiger partial charge in [-0.3, -0.25) is 9.59 Å². The Hall–Kier alpha value is -1.92.